The van der Waals surface area contributed by atoms with E-state index < -0.39 is 42.5 Å². The van der Waals surface area contributed by atoms with Crippen LogP contribution in [0.5, 0.6) is 0 Å². The van der Waals surface area contributed by atoms with Crippen molar-refractivity contribution in [3.63, 3.8) is 0 Å². The zero-order chi connectivity index (χ0) is 45.0. The Kier molecular flexibility index (Phi) is 21.6. The maximum atomic E-state index is 13.9. The van der Waals surface area contributed by atoms with Gasteiger partial charge in [-0.1, -0.05) is 81.6 Å². The molecule has 15 nitrogen and oxygen atoms in total. The standard InChI is InChI=1S/C44H67O15P/c1-12-13-14-15-24-56-60(49,57-31-43(6,7)28-53-38(46)34-18-16-33(17-19-34)37(45)52-27-41(2,3)25-50-10)58-32-44(8,9)29-54-39(47)35-20-22-36(23-21-35)40(48)59-55-30-42(4,5)26-51-11/h16-23H,12-15,24-32H2,1-11H3. The van der Waals surface area contributed by atoms with Gasteiger partial charge >= 0.3 is 31.7 Å². The van der Waals surface area contributed by atoms with Gasteiger partial charge in [0.15, 0.2) is 0 Å². The molecule has 0 aliphatic carbocycles. The normalized spacial score (nSPS) is 13.3. The fourth-order valence-electron chi connectivity index (χ4n) is 5.08. The number of hydrogen-bond donors (Lipinski definition) is 0. The van der Waals surface area contributed by atoms with E-state index in [1.54, 1.807) is 41.9 Å². The summed E-state index contributed by atoms with van der Waals surface area (Å²) in [4.78, 5) is 60.7. The Morgan fingerprint density at radius 1 is 0.467 bits per heavy atom. The minimum absolute atomic E-state index is 0.0919. The van der Waals surface area contributed by atoms with E-state index in [0.717, 1.165) is 19.3 Å². The third kappa shape index (κ3) is 20.2. The lowest BCUT2D eigenvalue weighted by Gasteiger charge is -2.29. The van der Waals surface area contributed by atoms with Crippen LogP contribution in [0.2, 0.25) is 0 Å². The predicted molar refractivity (Wildman–Crippen MR) is 224 cm³/mol. The first kappa shape index (κ1) is 52.4. The lowest BCUT2D eigenvalue weighted by Crippen LogP contribution is -2.29. The van der Waals surface area contributed by atoms with Crippen molar-refractivity contribution in [1.29, 1.82) is 0 Å². The van der Waals surface area contributed by atoms with E-state index in [1.807, 2.05) is 27.7 Å². The lowest BCUT2D eigenvalue weighted by atomic mass is 9.96. The van der Waals surface area contributed by atoms with E-state index in [9.17, 15) is 23.7 Å². The van der Waals surface area contributed by atoms with Gasteiger partial charge in [-0.15, -0.1) is 0 Å². The third-order valence-corrected chi connectivity index (χ3v) is 10.0. The van der Waals surface area contributed by atoms with Gasteiger partial charge in [0.25, 0.3) is 0 Å². The molecule has 0 amide bonds. The average molecular weight is 867 g/mol. The van der Waals surface area contributed by atoms with Crippen LogP contribution >= 0.6 is 7.82 Å². The summed E-state index contributed by atoms with van der Waals surface area (Å²) in [6.45, 7) is 17.6. The SMILES string of the molecule is CCCCCCOP(=O)(OCC(C)(C)COC(=O)c1ccc(C(=O)OCC(C)(C)COC)cc1)OCC(C)(C)COC(=O)c1ccc(C(=O)OOCC(C)(C)COC)cc1. The third-order valence-electron chi connectivity index (χ3n) is 8.62. The van der Waals surface area contributed by atoms with E-state index in [4.69, 9.17) is 47.0 Å². The monoisotopic (exact) mass is 866 g/mol. The van der Waals surface area contributed by atoms with Crippen LogP contribution in [0.25, 0.3) is 0 Å². The molecular formula is C44H67O15P. The van der Waals surface area contributed by atoms with Crippen LogP contribution in [0.4, 0.5) is 0 Å². The van der Waals surface area contributed by atoms with Gasteiger partial charge < -0.3 is 23.7 Å². The van der Waals surface area contributed by atoms with Gasteiger partial charge in [-0.2, -0.15) is 4.89 Å². The molecule has 0 aliphatic heterocycles. The Morgan fingerprint density at radius 3 is 1.18 bits per heavy atom. The highest BCUT2D eigenvalue weighted by Crippen LogP contribution is 2.51. The maximum absolute atomic E-state index is 13.9. The number of phosphoric acid groups is 1. The summed E-state index contributed by atoms with van der Waals surface area (Å²) in [7, 11) is -0.980. The second kappa shape index (κ2) is 24.7. The first-order valence-electron chi connectivity index (χ1n) is 20.1. The molecule has 1 atom stereocenters. The van der Waals surface area contributed by atoms with Gasteiger partial charge in [-0.3, -0.25) is 18.5 Å². The summed E-state index contributed by atoms with van der Waals surface area (Å²) in [6, 6.07) is 11.7. The van der Waals surface area contributed by atoms with E-state index >= 15 is 0 Å². The van der Waals surface area contributed by atoms with E-state index in [0.29, 0.717) is 19.6 Å². The van der Waals surface area contributed by atoms with Crippen LogP contribution in [0.3, 0.4) is 0 Å². The number of unbranched alkanes of at least 4 members (excludes halogenated alkanes) is 3. The Balaban J connectivity index is 1.95. The largest absolute Gasteiger partial charge is 0.474 e. The summed E-state index contributed by atoms with van der Waals surface area (Å²) in [5.41, 5.74) is -1.44. The van der Waals surface area contributed by atoms with E-state index in [1.165, 1.54) is 48.5 Å². The van der Waals surface area contributed by atoms with E-state index in [2.05, 4.69) is 6.92 Å². The highest BCUT2D eigenvalue weighted by atomic mass is 31.2. The number of carbonyl (C=O) groups excluding carboxylic acids is 4. The quantitative estimate of drug-likeness (QED) is 0.0189. The zero-order valence-electron chi connectivity index (χ0n) is 37.4. The minimum atomic E-state index is -4.14. The average Bonchev–Trinajstić information content (AvgIpc) is 3.19. The van der Waals surface area contributed by atoms with Crippen LogP contribution < -0.4 is 0 Å². The fraction of sp³-hybridized carbons (Fsp3) is 0.636. The molecule has 0 saturated carbocycles. The van der Waals surface area contributed by atoms with Crippen LogP contribution in [-0.4, -0.2) is 97.6 Å². The van der Waals surface area contributed by atoms with Crippen molar-refractivity contribution in [2.75, 3.05) is 73.7 Å². The second-order valence-corrected chi connectivity index (χ2v) is 19.6. The molecular weight excluding hydrogens is 799 g/mol. The summed E-state index contributed by atoms with van der Waals surface area (Å²) >= 11 is 0. The Morgan fingerprint density at radius 2 is 0.817 bits per heavy atom. The lowest BCUT2D eigenvalue weighted by molar-refractivity contribution is -0.259. The topological polar surface area (TPSA) is 178 Å². The molecule has 0 saturated heterocycles. The Labute approximate surface area is 355 Å². The van der Waals surface area contributed by atoms with Crippen molar-refractivity contribution in [3.8, 4) is 0 Å². The number of methoxy groups -OCH3 is 2. The van der Waals surface area contributed by atoms with Crippen LogP contribution in [0, 0.1) is 21.7 Å². The number of esters is 3. The number of rotatable bonds is 29. The van der Waals surface area contributed by atoms with Gasteiger partial charge in [0.05, 0.1) is 75.1 Å². The van der Waals surface area contributed by atoms with Gasteiger partial charge in [0.1, 0.15) is 6.61 Å². The molecule has 1 unspecified atom stereocenters. The van der Waals surface area contributed by atoms with Crippen molar-refractivity contribution >= 4 is 31.7 Å². The summed E-state index contributed by atoms with van der Waals surface area (Å²) in [6.07, 6.45) is 3.51. The van der Waals surface area contributed by atoms with Crippen LogP contribution in [0.15, 0.2) is 48.5 Å². The molecule has 0 spiro atoms. The first-order valence-corrected chi connectivity index (χ1v) is 21.6. The Hall–Kier alpha value is -3.69. The summed E-state index contributed by atoms with van der Waals surface area (Å²) in [5, 5.41) is 0. The highest BCUT2D eigenvalue weighted by Gasteiger charge is 2.35. The van der Waals surface area contributed by atoms with Crippen LogP contribution in [0.1, 0.15) is 129 Å². The van der Waals surface area contributed by atoms with Crippen molar-refractivity contribution < 1.29 is 70.8 Å². The van der Waals surface area contributed by atoms with Crippen molar-refractivity contribution in [3.05, 3.63) is 70.8 Å². The smallest absolute Gasteiger partial charge is 0.461 e. The maximum Gasteiger partial charge on any atom is 0.474 e. The Bertz CT molecular complexity index is 1680. The number of benzene rings is 2. The summed E-state index contributed by atoms with van der Waals surface area (Å²) < 4.78 is 58.1. The van der Waals surface area contributed by atoms with Crippen molar-refractivity contribution in [2.45, 2.75) is 88.0 Å². The van der Waals surface area contributed by atoms with Gasteiger partial charge in [0.2, 0.25) is 0 Å². The first-order chi connectivity index (χ1) is 28.1. The molecule has 338 valence electrons. The molecule has 2 aromatic carbocycles. The molecule has 0 N–H and O–H groups in total. The number of phosphoric ester groups is 1. The number of hydrogen-bond acceptors (Lipinski definition) is 15. The molecule has 0 aromatic heterocycles. The summed E-state index contributed by atoms with van der Waals surface area (Å²) in [5.74, 6) is -2.49. The predicted octanol–water partition coefficient (Wildman–Crippen LogP) is 9.08. The molecule has 0 bridgehead atoms. The zero-order valence-corrected chi connectivity index (χ0v) is 38.3. The van der Waals surface area contributed by atoms with Crippen molar-refractivity contribution in [2.24, 2.45) is 21.7 Å². The molecule has 16 heteroatoms. The fourth-order valence-corrected chi connectivity index (χ4v) is 6.67. The van der Waals surface area contributed by atoms with Gasteiger partial charge in [0, 0.05) is 35.9 Å². The molecule has 0 radical (unpaired) electrons. The number of ether oxygens (including phenoxy) is 5. The highest BCUT2D eigenvalue weighted by molar-refractivity contribution is 7.48. The molecule has 0 heterocycles. The molecule has 60 heavy (non-hydrogen) atoms. The van der Waals surface area contributed by atoms with E-state index in [-0.39, 0.29) is 79.3 Å². The molecule has 0 aliphatic rings. The molecule has 0 fully saturated rings. The molecule has 2 rings (SSSR count). The molecule has 2 aromatic rings. The van der Waals surface area contributed by atoms with Crippen LogP contribution in [-0.2, 0) is 51.6 Å². The number of carbonyl (C=O) groups is 4. The second-order valence-electron chi connectivity index (χ2n) is 17.9. The minimum Gasteiger partial charge on any atom is -0.461 e. The van der Waals surface area contributed by atoms with Crippen molar-refractivity contribution in [1.82, 2.24) is 0 Å². The van der Waals surface area contributed by atoms with Gasteiger partial charge in [-0.25, -0.2) is 23.7 Å². The van der Waals surface area contributed by atoms with Gasteiger partial charge in [-0.05, 0) is 55.0 Å².